The molecule has 1 aromatic heterocycles. The fourth-order valence-electron chi connectivity index (χ4n) is 1.34. The number of pyridine rings is 1. The van der Waals surface area contributed by atoms with Gasteiger partial charge in [-0.25, -0.2) is 4.39 Å². The van der Waals surface area contributed by atoms with E-state index in [2.05, 4.69) is 0 Å². The van der Waals surface area contributed by atoms with E-state index in [1.165, 1.54) is 12.3 Å². The lowest BCUT2D eigenvalue weighted by Crippen LogP contribution is -2.29. The van der Waals surface area contributed by atoms with Crippen LogP contribution in [0.1, 0.15) is 5.56 Å². The van der Waals surface area contributed by atoms with Crippen molar-refractivity contribution in [2.24, 2.45) is 0 Å². The van der Waals surface area contributed by atoms with Gasteiger partial charge in [0.15, 0.2) is 12.0 Å². The number of aromatic nitrogens is 1. The van der Waals surface area contributed by atoms with Crippen molar-refractivity contribution in [3.63, 3.8) is 0 Å². The maximum absolute atomic E-state index is 12.9. The van der Waals surface area contributed by atoms with E-state index in [4.69, 9.17) is 5.26 Å². The van der Waals surface area contributed by atoms with Crippen molar-refractivity contribution in [3.8, 4) is 11.8 Å². The molecule has 0 saturated carbocycles. The average Bonchev–Trinajstić information content (AvgIpc) is 2.29. The van der Waals surface area contributed by atoms with Gasteiger partial charge in [-0.15, -0.1) is 0 Å². The van der Waals surface area contributed by atoms with Crippen LogP contribution in [0.15, 0.2) is 48.8 Å². The summed E-state index contributed by atoms with van der Waals surface area (Å²) < 4.78 is 14.6. The van der Waals surface area contributed by atoms with Crippen LogP contribution in [-0.2, 0) is 0 Å². The molecule has 1 heterocycles. The van der Waals surface area contributed by atoms with E-state index in [-0.39, 0.29) is 5.82 Å². The number of benzene rings is 1. The second kappa shape index (κ2) is 3.89. The summed E-state index contributed by atoms with van der Waals surface area (Å²) in [5, 5.41) is 8.73. The first-order valence-corrected chi connectivity index (χ1v) is 4.47. The van der Waals surface area contributed by atoms with Crippen molar-refractivity contribution < 1.29 is 8.96 Å². The zero-order valence-electron chi connectivity index (χ0n) is 7.89. The van der Waals surface area contributed by atoms with Crippen LogP contribution in [0.3, 0.4) is 0 Å². The fraction of sp³-hybridized carbons (Fsp3) is 0. The number of halogens is 1. The first-order chi connectivity index (χ1) is 7.29. The van der Waals surface area contributed by atoms with E-state index in [0.29, 0.717) is 5.56 Å². The van der Waals surface area contributed by atoms with Gasteiger partial charge in [-0.2, -0.15) is 9.83 Å². The Bertz CT molecular complexity index is 529. The smallest absolute Gasteiger partial charge is 0.200 e. The highest BCUT2D eigenvalue weighted by atomic mass is 19.1. The Hall–Kier alpha value is -2.21. The largest absolute Gasteiger partial charge is 0.212 e. The molecule has 0 spiro atoms. The van der Waals surface area contributed by atoms with Crippen LogP contribution in [0, 0.1) is 17.1 Å². The molecule has 0 bridgehead atoms. The monoisotopic (exact) mass is 199 g/mol. The summed E-state index contributed by atoms with van der Waals surface area (Å²) in [4.78, 5) is 0. The summed E-state index contributed by atoms with van der Waals surface area (Å²) in [5.41, 5.74) is 1.33. The number of hydrogen-bond donors (Lipinski definition) is 0. The number of hydrogen-bond acceptors (Lipinski definition) is 1. The Morgan fingerprint density at radius 3 is 2.80 bits per heavy atom. The van der Waals surface area contributed by atoms with Crippen molar-refractivity contribution in [2.45, 2.75) is 0 Å². The molecule has 0 atom stereocenters. The van der Waals surface area contributed by atoms with Crippen molar-refractivity contribution in [2.75, 3.05) is 0 Å². The molecular weight excluding hydrogens is 191 g/mol. The molecule has 0 amide bonds. The maximum Gasteiger partial charge on any atom is 0.212 e. The van der Waals surface area contributed by atoms with E-state index in [0.717, 1.165) is 5.69 Å². The summed E-state index contributed by atoms with van der Waals surface area (Å²) in [7, 11) is 0. The summed E-state index contributed by atoms with van der Waals surface area (Å²) in [6.07, 6.45) is 3.11. The van der Waals surface area contributed by atoms with Crippen molar-refractivity contribution >= 4 is 0 Å². The molecule has 0 saturated heterocycles. The van der Waals surface area contributed by atoms with Crippen molar-refractivity contribution in [1.82, 2.24) is 0 Å². The molecule has 1 aromatic carbocycles. The van der Waals surface area contributed by atoms with E-state index in [1.54, 1.807) is 35.0 Å². The molecule has 0 N–H and O–H groups in total. The predicted octanol–water partition coefficient (Wildman–Crippen LogP) is 1.97. The van der Waals surface area contributed by atoms with Crippen LogP contribution in [0.2, 0.25) is 0 Å². The standard InChI is InChI=1S/C12H8FN2/c13-11-4-2-6-15(9-11)12-5-1-3-10(7-12)8-14/h1-7,9H/q+1. The molecule has 0 aliphatic heterocycles. The Kier molecular flexibility index (Phi) is 2.42. The minimum atomic E-state index is -0.306. The summed E-state index contributed by atoms with van der Waals surface area (Å²) in [6, 6.07) is 12.1. The Labute approximate surface area is 86.8 Å². The molecule has 15 heavy (non-hydrogen) atoms. The molecule has 3 heteroatoms. The van der Waals surface area contributed by atoms with Crippen LogP contribution < -0.4 is 4.57 Å². The van der Waals surface area contributed by atoms with Crippen LogP contribution in [0.4, 0.5) is 4.39 Å². The number of nitriles is 1. The van der Waals surface area contributed by atoms with Crippen molar-refractivity contribution in [1.29, 1.82) is 5.26 Å². The first-order valence-electron chi connectivity index (χ1n) is 4.47. The topological polar surface area (TPSA) is 27.7 Å². The lowest BCUT2D eigenvalue weighted by atomic mass is 10.2. The lowest BCUT2D eigenvalue weighted by Gasteiger charge is -1.95. The summed E-state index contributed by atoms with van der Waals surface area (Å²) in [5.74, 6) is -0.306. The normalized spacial score (nSPS) is 9.60. The second-order valence-corrected chi connectivity index (χ2v) is 3.09. The van der Waals surface area contributed by atoms with Gasteiger partial charge in [0.1, 0.15) is 0 Å². The van der Waals surface area contributed by atoms with Crippen LogP contribution in [-0.4, -0.2) is 0 Å². The summed E-state index contributed by atoms with van der Waals surface area (Å²) >= 11 is 0. The Balaban J connectivity index is 2.50. The van der Waals surface area contributed by atoms with E-state index < -0.39 is 0 Å². The predicted molar refractivity (Wildman–Crippen MR) is 52.6 cm³/mol. The third-order valence-corrected chi connectivity index (χ3v) is 2.04. The zero-order valence-corrected chi connectivity index (χ0v) is 7.89. The van der Waals surface area contributed by atoms with Gasteiger partial charge in [-0.05, 0) is 12.1 Å². The Morgan fingerprint density at radius 2 is 2.07 bits per heavy atom. The van der Waals surface area contributed by atoms with Gasteiger partial charge in [0.25, 0.3) is 0 Å². The molecule has 2 nitrogen and oxygen atoms in total. The molecule has 0 aliphatic rings. The molecule has 0 aliphatic carbocycles. The Morgan fingerprint density at radius 1 is 1.20 bits per heavy atom. The minimum Gasteiger partial charge on any atom is -0.200 e. The van der Waals surface area contributed by atoms with E-state index in [1.807, 2.05) is 12.1 Å². The molecule has 2 aromatic rings. The zero-order chi connectivity index (χ0) is 10.7. The summed E-state index contributed by atoms with van der Waals surface area (Å²) in [6.45, 7) is 0. The maximum atomic E-state index is 12.9. The molecule has 72 valence electrons. The van der Waals surface area contributed by atoms with E-state index in [9.17, 15) is 4.39 Å². The molecule has 0 radical (unpaired) electrons. The SMILES string of the molecule is N#Cc1cccc(-[n+]2cccc(F)c2)c1. The van der Waals surface area contributed by atoms with Gasteiger partial charge in [0.05, 0.1) is 11.6 Å². The van der Waals surface area contributed by atoms with E-state index >= 15 is 0 Å². The number of rotatable bonds is 1. The van der Waals surface area contributed by atoms with Gasteiger partial charge in [0.2, 0.25) is 11.9 Å². The van der Waals surface area contributed by atoms with Gasteiger partial charge < -0.3 is 0 Å². The lowest BCUT2D eigenvalue weighted by molar-refractivity contribution is -0.597. The minimum absolute atomic E-state index is 0.306. The van der Waals surface area contributed by atoms with Crippen LogP contribution in [0.25, 0.3) is 5.69 Å². The van der Waals surface area contributed by atoms with Gasteiger partial charge in [0, 0.05) is 18.2 Å². The third-order valence-electron chi connectivity index (χ3n) is 2.04. The third kappa shape index (κ3) is 2.00. The molecular formula is C12H8FN2+. The van der Waals surface area contributed by atoms with Crippen molar-refractivity contribution in [3.05, 3.63) is 60.2 Å². The fourth-order valence-corrected chi connectivity index (χ4v) is 1.34. The van der Waals surface area contributed by atoms with Crippen LogP contribution in [0.5, 0.6) is 0 Å². The molecule has 2 rings (SSSR count). The second-order valence-electron chi connectivity index (χ2n) is 3.09. The first kappa shape index (κ1) is 9.35. The van der Waals surface area contributed by atoms with Gasteiger partial charge >= 0.3 is 0 Å². The number of nitrogens with zero attached hydrogens (tertiary/aromatic N) is 2. The average molecular weight is 199 g/mol. The van der Waals surface area contributed by atoms with Crippen LogP contribution >= 0.6 is 0 Å². The highest BCUT2D eigenvalue weighted by Crippen LogP contribution is 2.03. The van der Waals surface area contributed by atoms with Gasteiger partial charge in [-0.3, -0.25) is 0 Å². The highest BCUT2D eigenvalue weighted by molar-refractivity contribution is 5.36. The van der Waals surface area contributed by atoms with Gasteiger partial charge in [-0.1, -0.05) is 6.07 Å². The molecule has 0 fully saturated rings. The highest BCUT2D eigenvalue weighted by Gasteiger charge is 2.06. The quantitative estimate of drug-likeness (QED) is 0.645. The molecule has 0 unspecified atom stereocenters.